The number of aliphatic carboxylic acids is 2. The highest BCUT2D eigenvalue weighted by Crippen LogP contribution is 2.51. The number of carboxylic acids is 2. The zero-order chi connectivity index (χ0) is 20.7. The van der Waals surface area contributed by atoms with Crippen molar-refractivity contribution in [1.29, 1.82) is 0 Å². The fraction of sp³-hybridized carbons (Fsp3) is 0.562. The number of nitrogens with one attached hydrogen (secondary N) is 1. The molecule has 0 aromatic carbocycles. The Labute approximate surface area is 156 Å². The third-order valence-corrected chi connectivity index (χ3v) is 5.40. The van der Waals surface area contributed by atoms with E-state index in [0.29, 0.717) is 18.4 Å². The fourth-order valence-electron chi connectivity index (χ4n) is 2.63. The minimum Gasteiger partial charge on any atom is -0.480 e. The molecule has 6 N–H and O–H groups in total. The van der Waals surface area contributed by atoms with Crippen molar-refractivity contribution >= 4 is 25.4 Å². The van der Waals surface area contributed by atoms with Crippen molar-refractivity contribution in [2.75, 3.05) is 12.7 Å². The van der Waals surface area contributed by atoms with Gasteiger partial charge in [-0.15, -0.1) is 0 Å². The first-order chi connectivity index (χ1) is 12.5. The minimum atomic E-state index is -4.41. The van der Waals surface area contributed by atoms with Gasteiger partial charge in [0.05, 0.1) is 6.16 Å². The Hall–Kier alpha value is -2.00. The second kappa shape index (κ2) is 9.80. The molecule has 0 bridgehead atoms. The van der Waals surface area contributed by atoms with Crippen LogP contribution in [0.15, 0.2) is 23.8 Å². The summed E-state index contributed by atoms with van der Waals surface area (Å²) < 4.78 is 17.9. The van der Waals surface area contributed by atoms with Crippen LogP contribution in [0, 0.1) is 0 Å². The fourth-order valence-corrected chi connectivity index (χ4v) is 4.09. The number of rotatable bonds is 11. The predicted octanol–water partition coefficient (Wildman–Crippen LogP) is 0.616. The van der Waals surface area contributed by atoms with Crippen LogP contribution in [-0.4, -0.2) is 57.3 Å². The monoisotopic (exact) mass is 404 g/mol. The van der Waals surface area contributed by atoms with Gasteiger partial charge in [0, 0.05) is 6.42 Å². The molecule has 0 aromatic rings. The molecule has 10 nitrogen and oxygen atoms in total. The molecule has 3 atom stereocenters. The van der Waals surface area contributed by atoms with Crippen LogP contribution in [0.2, 0.25) is 0 Å². The van der Waals surface area contributed by atoms with Crippen LogP contribution < -0.4 is 11.1 Å². The zero-order valence-corrected chi connectivity index (χ0v) is 15.9. The van der Waals surface area contributed by atoms with Gasteiger partial charge in [0.1, 0.15) is 12.6 Å². The third-order valence-electron chi connectivity index (χ3n) is 3.98. The van der Waals surface area contributed by atoms with Gasteiger partial charge in [-0.05, 0) is 18.4 Å². The lowest BCUT2D eigenvalue weighted by Crippen LogP contribution is -2.51. The highest BCUT2D eigenvalue weighted by molar-refractivity contribution is 7.52. The molecular weight excluding hydrogens is 379 g/mol. The number of hydrogen-bond acceptors (Lipinski definition) is 6. The molecule has 0 aliphatic heterocycles. The van der Waals surface area contributed by atoms with Gasteiger partial charge in [-0.3, -0.25) is 23.5 Å². The Morgan fingerprint density at radius 3 is 2.63 bits per heavy atom. The van der Waals surface area contributed by atoms with Crippen molar-refractivity contribution in [2.24, 2.45) is 5.73 Å². The highest BCUT2D eigenvalue weighted by Gasteiger charge is 2.47. The third kappa shape index (κ3) is 6.59. The number of carboxylic acid groups (broad SMARTS) is 2. The van der Waals surface area contributed by atoms with E-state index in [9.17, 15) is 23.8 Å². The molecule has 0 saturated carbocycles. The van der Waals surface area contributed by atoms with Crippen LogP contribution in [0.3, 0.4) is 0 Å². The maximum Gasteiger partial charge on any atom is 0.329 e. The maximum absolute atomic E-state index is 12.7. The zero-order valence-electron chi connectivity index (χ0n) is 15.0. The standard InChI is InChI=1S/C16H25N2O8P/c1-2-5-11-6-3-4-8-16(11,15(23)18-10-13(19)20)26-27(24,25)9-7-12(17)14(21)22/h3-4,6,12H,2,5,7-10,17H2,1H3,(H,18,23)(H,19,20)(H,21,22)(H,24,25). The largest absolute Gasteiger partial charge is 0.480 e. The van der Waals surface area contributed by atoms with Gasteiger partial charge in [-0.1, -0.05) is 31.6 Å². The topological polar surface area (TPSA) is 176 Å². The lowest BCUT2D eigenvalue weighted by Gasteiger charge is -2.36. The Balaban J connectivity index is 3.10. The number of carbonyl (C=O) groups excluding carboxylic acids is 1. The second-order valence-electron chi connectivity index (χ2n) is 6.16. The number of nitrogens with two attached hydrogens (primary N) is 1. The molecule has 1 rings (SSSR count). The van der Waals surface area contributed by atoms with Crippen LogP contribution in [0.1, 0.15) is 32.6 Å². The molecule has 1 amide bonds. The van der Waals surface area contributed by atoms with Gasteiger partial charge < -0.3 is 26.2 Å². The molecule has 0 saturated heterocycles. The number of allylic oxidation sites excluding steroid dienone is 2. The Kier molecular flexibility index (Phi) is 8.36. The summed E-state index contributed by atoms with van der Waals surface area (Å²) in [4.78, 5) is 44.5. The first-order valence-corrected chi connectivity index (χ1v) is 10.2. The van der Waals surface area contributed by atoms with Gasteiger partial charge in [-0.25, -0.2) is 0 Å². The normalized spacial score (nSPS) is 22.4. The summed E-state index contributed by atoms with van der Waals surface area (Å²) in [6.45, 7) is 1.18. The molecule has 1 aliphatic carbocycles. The van der Waals surface area contributed by atoms with Gasteiger partial charge in [0.25, 0.3) is 5.91 Å². The molecule has 0 spiro atoms. The average molecular weight is 404 g/mol. The SMILES string of the molecule is CCCC1=CC=CCC1(OP(=O)(O)CCC(N)C(=O)O)C(=O)NCC(=O)O. The first kappa shape index (κ1) is 23.0. The van der Waals surface area contributed by atoms with Crippen LogP contribution in [-0.2, 0) is 23.5 Å². The van der Waals surface area contributed by atoms with Crippen molar-refractivity contribution in [1.82, 2.24) is 5.32 Å². The summed E-state index contributed by atoms with van der Waals surface area (Å²) in [6, 6.07) is -1.34. The van der Waals surface area contributed by atoms with Gasteiger partial charge in [0.2, 0.25) is 0 Å². The van der Waals surface area contributed by atoms with Gasteiger partial charge in [-0.2, -0.15) is 0 Å². The minimum absolute atomic E-state index is 0.0557. The van der Waals surface area contributed by atoms with E-state index in [1.54, 1.807) is 18.2 Å². The molecule has 11 heteroatoms. The van der Waals surface area contributed by atoms with E-state index in [-0.39, 0.29) is 12.8 Å². The van der Waals surface area contributed by atoms with Crippen molar-refractivity contribution in [3.8, 4) is 0 Å². The summed E-state index contributed by atoms with van der Waals surface area (Å²) in [5, 5.41) is 19.8. The molecule has 1 aliphatic rings. The molecular formula is C16H25N2O8P. The Morgan fingerprint density at radius 2 is 2.07 bits per heavy atom. The summed E-state index contributed by atoms with van der Waals surface area (Å²) in [6.07, 6.45) is 4.92. The smallest absolute Gasteiger partial charge is 0.329 e. The van der Waals surface area contributed by atoms with E-state index in [0.717, 1.165) is 0 Å². The number of amides is 1. The lowest BCUT2D eigenvalue weighted by molar-refractivity contribution is -0.141. The van der Waals surface area contributed by atoms with E-state index in [1.165, 1.54) is 0 Å². The molecule has 0 fully saturated rings. The summed E-state index contributed by atoms with van der Waals surface area (Å²) in [5.41, 5.74) is 3.95. The number of carbonyl (C=O) groups is 3. The quantitative estimate of drug-likeness (QED) is 0.309. The van der Waals surface area contributed by atoms with Crippen molar-refractivity contribution in [3.63, 3.8) is 0 Å². The maximum atomic E-state index is 12.7. The second-order valence-corrected chi connectivity index (χ2v) is 8.07. The van der Waals surface area contributed by atoms with Gasteiger partial charge >= 0.3 is 19.5 Å². The summed E-state index contributed by atoms with van der Waals surface area (Å²) >= 11 is 0. The lowest BCUT2D eigenvalue weighted by atomic mass is 9.83. The van der Waals surface area contributed by atoms with E-state index < -0.39 is 49.8 Å². The molecule has 152 valence electrons. The van der Waals surface area contributed by atoms with Crippen molar-refractivity contribution < 1.29 is 38.6 Å². The van der Waals surface area contributed by atoms with E-state index in [1.807, 2.05) is 6.92 Å². The Morgan fingerprint density at radius 1 is 1.41 bits per heavy atom. The number of hydrogen-bond donors (Lipinski definition) is 5. The van der Waals surface area contributed by atoms with E-state index >= 15 is 0 Å². The van der Waals surface area contributed by atoms with Crippen molar-refractivity contribution in [2.45, 2.75) is 44.2 Å². The highest BCUT2D eigenvalue weighted by atomic mass is 31.2. The molecule has 0 radical (unpaired) electrons. The molecule has 0 aromatic heterocycles. The predicted molar refractivity (Wildman–Crippen MR) is 96.1 cm³/mol. The van der Waals surface area contributed by atoms with Crippen molar-refractivity contribution in [3.05, 3.63) is 23.8 Å². The Bertz CT molecular complexity index is 690. The first-order valence-electron chi connectivity index (χ1n) is 8.41. The average Bonchev–Trinajstić information content (AvgIpc) is 2.59. The van der Waals surface area contributed by atoms with E-state index in [4.69, 9.17) is 20.5 Å². The summed E-state index contributed by atoms with van der Waals surface area (Å²) in [7, 11) is -4.41. The summed E-state index contributed by atoms with van der Waals surface area (Å²) in [5.74, 6) is -3.44. The van der Waals surface area contributed by atoms with E-state index in [2.05, 4.69) is 5.32 Å². The van der Waals surface area contributed by atoms with Crippen LogP contribution >= 0.6 is 7.60 Å². The molecule has 3 unspecified atom stereocenters. The van der Waals surface area contributed by atoms with Crippen LogP contribution in [0.5, 0.6) is 0 Å². The molecule has 0 heterocycles. The van der Waals surface area contributed by atoms with Crippen LogP contribution in [0.4, 0.5) is 0 Å². The molecule has 27 heavy (non-hydrogen) atoms. The van der Waals surface area contributed by atoms with Gasteiger partial charge in [0.15, 0.2) is 5.60 Å². The van der Waals surface area contributed by atoms with Crippen LogP contribution in [0.25, 0.3) is 0 Å².